The summed E-state index contributed by atoms with van der Waals surface area (Å²) in [5, 5.41) is 1.20. The quantitative estimate of drug-likeness (QED) is 0.815. The van der Waals surface area contributed by atoms with E-state index in [0.29, 0.717) is 5.92 Å². The molecular weight excluding hydrogens is 196 g/mol. The molecule has 2 atom stereocenters. The summed E-state index contributed by atoms with van der Waals surface area (Å²) in [6.07, 6.45) is 1.10. The van der Waals surface area contributed by atoms with Gasteiger partial charge in [0.25, 0.3) is 0 Å². The average molecular weight is 212 g/mol. The Labute approximate surface area is 88.3 Å². The number of hydrogen-bond donors (Lipinski definition) is 1. The highest BCUT2D eigenvalue weighted by molar-refractivity contribution is 7.11. The van der Waals surface area contributed by atoms with Crippen molar-refractivity contribution >= 4 is 11.3 Å². The van der Waals surface area contributed by atoms with Gasteiger partial charge in [-0.2, -0.15) is 0 Å². The van der Waals surface area contributed by atoms with Gasteiger partial charge in [0.1, 0.15) is 0 Å². The zero-order chi connectivity index (χ0) is 10.1. The van der Waals surface area contributed by atoms with Crippen LogP contribution in [0.25, 0.3) is 0 Å². The van der Waals surface area contributed by atoms with Crippen LogP contribution in [0.5, 0.6) is 0 Å². The molecule has 14 heavy (non-hydrogen) atoms. The van der Waals surface area contributed by atoms with Crippen molar-refractivity contribution in [2.45, 2.75) is 32.2 Å². The van der Waals surface area contributed by atoms with Crippen LogP contribution < -0.4 is 5.73 Å². The van der Waals surface area contributed by atoms with Crippen molar-refractivity contribution in [3.63, 3.8) is 0 Å². The molecule has 0 aromatic carbocycles. The van der Waals surface area contributed by atoms with E-state index in [1.807, 2.05) is 13.8 Å². The summed E-state index contributed by atoms with van der Waals surface area (Å²) >= 11 is 1.75. The minimum atomic E-state index is 0.101. The van der Waals surface area contributed by atoms with E-state index >= 15 is 0 Å². The molecule has 0 spiro atoms. The van der Waals surface area contributed by atoms with E-state index in [4.69, 9.17) is 10.5 Å². The summed E-state index contributed by atoms with van der Waals surface area (Å²) in [5.74, 6) is 0.506. The zero-order valence-electron chi connectivity index (χ0n) is 8.62. The van der Waals surface area contributed by atoms with Crippen LogP contribution in [0.15, 0.2) is 0 Å². The Hall–Kier alpha value is -0.450. The molecule has 2 unspecified atom stereocenters. The lowest BCUT2D eigenvalue weighted by atomic mass is 10.1. The molecule has 2 heterocycles. The monoisotopic (exact) mass is 212 g/mol. The van der Waals surface area contributed by atoms with Crippen LogP contribution in [-0.4, -0.2) is 18.2 Å². The van der Waals surface area contributed by atoms with E-state index in [9.17, 15) is 0 Å². The minimum Gasteiger partial charge on any atom is -0.381 e. The van der Waals surface area contributed by atoms with E-state index in [-0.39, 0.29) is 6.04 Å². The van der Waals surface area contributed by atoms with E-state index in [0.717, 1.165) is 25.3 Å². The Balaban J connectivity index is 2.22. The number of rotatable bonds is 2. The van der Waals surface area contributed by atoms with Crippen molar-refractivity contribution in [3.8, 4) is 0 Å². The summed E-state index contributed by atoms with van der Waals surface area (Å²) in [4.78, 5) is 5.79. The Kier molecular flexibility index (Phi) is 2.85. The normalized spacial score (nSPS) is 24.1. The van der Waals surface area contributed by atoms with Crippen LogP contribution in [0, 0.1) is 6.92 Å². The van der Waals surface area contributed by atoms with E-state index in [2.05, 4.69) is 4.98 Å². The van der Waals surface area contributed by atoms with Crippen molar-refractivity contribution in [2.24, 2.45) is 5.73 Å². The van der Waals surface area contributed by atoms with Crippen LogP contribution in [0.3, 0.4) is 0 Å². The molecule has 1 saturated heterocycles. The fourth-order valence-corrected chi connectivity index (χ4v) is 2.90. The topological polar surface area (TPSA) is 48.1 Å². The molecule has 0 amide bonds. The molecule has 1 aromatic rings. The van der Waals surface area contributed by atoms with Crippen LogP contribution in [-0.2, 0) is 4.74 Å². The zero-order valence-corrected chi connectivity index (χ0v) is 9.43. The number of aromatic nitrogens is 1. The smallest absolute Gasteiger partial charge is 0.0986 e. The lowest BCUT2D eigenvalue weighted by Crippen LogP contribution is -2.03. The maximum absolute atomic E-state index is 5.87. The third-order valence-corrected chi connectivity index (χ3v) is 4.06. The first-order valence-corrected chi connectivity index (χ1v) is 5.80. The lowest BCUT2D eigenvalue weighted by molar-refractivity contribution is 0.194. The number of nitrogens with two attached hydrogens (primary N) is 1. The molecule has 1 fully saturated rings. The molecule has 0 bridgehead atoms. The molecule has 4 heteroatoms. The lowest BCUT2D eigenvalue weighted by Gasteiger charge is -2.01. The molecule has 0 saturated carbocycles. The Morgan fingerprint density at radius 3 is 2.93 bits per heavy atom. The molecule has 1 aromatic heterocycles. The van der Waals surface area contributed by atoms with Gasteiger partial charge in [-0.25, -0.2) is 4.98 Å². The minimum absolute atomic E-state index is 0.101. The first-order valence-electron chi connectivity index (χ1n) is 4.99. The molecule has 1 aliphatic heterocycles. The van der Waals surface area contributed by atoms with Crippen LogP contribution in [0.2, 0.25) is 0 Å². The number of ether oxygens (including phenoxy) is 1. The third kappa shape index (κ3) is 1.82. The molecular formula is C10H16N2OS. The molecule has 2 rings (SSSR count). The number of nitrogens with zero attached hydrogens (tertiary/aromatic N) is 1. The summed E-state index contributed by atoms with van der Waals surface area (Å²) in [5.41, 5.74) is 6.96. The largest absolute Gasteiger partial charge is 0.381 e. The SMILES string of the molecule is Cc1nc(C2CCOC2)sc1C(C)N. The van der Waals surface area contributed by atoms with Gasteiger partial charge in [0, 0.05) is 23.4 Å². The van der Waals surface area contributed by atoms with Gasteiger partial charge in [-0.05, 0) is 20.3 Å². The van der Waals surface area contributed by atoms with Crippen LogP contribution in [0.4, 0.5) is 0 Å². The van der Waals surface area contributed by atoms with Crippen LogP contribution >= 0.6 is 11.3 Å². The first-order chi connectivity index (χ1) is 6.68. The molecule has 2 N–H and O–H groups in total. The highest BCUT2D eigenvalue weighted by atomic mass is 32.1. The second-order valence-corrected chi connectivity index (χ2v) is 4.91. The van der Waals surface area contributed by atoms with Gasteiger partial charge in [0.15, 0.2) is 0 Å². The Morgan fingerprint density at radius 2 is 2.43 bits per heavy atom. The molecule has 1 aliphatic rings. The maximum Gasteiger partial charge on any atom is 0.0986 e. The van der Waals surface area contributed by atoms with E-state index in [1.165, 1.54) is 9.88 Å². The van der Waals surface area contributed by atoms with Gasteiger partial charge in [-0.3, -0.25) is 0 Å². The molecule has 0 aliphatic carbocycles. The van der Waals surface area contributed by atoms with Crippen molar-refractivity contribution in [2.75, 3.05) is 13.2 Å². The highest BCUT2D eigenvalue weighted by Gasteiger charge is 2.22. The summed E-state index contributed by atoms with van der Waals surface area (Å²) in [7, 11) is 0. The standard InChI is InChI=1S/C10H16N2OS/c1-6(11)9-7(2)12-10(14-9)8-3-4-13-5-8/h6,8H,3-5,11H2,1-2H3. The predicted molar refractivity (Wildman–Crippen MR) is 57.6 cm³/mol. The molecule has 0 radical (unpaired) electrons. The number of aryl methyl sites for hydroxylation is 1. The maximum atomic E-state index is 5.87. The summed E-state index contributed by atoms with van der Waals surface area (Å²) < 4.78 is 5.36. The van der Waals surface area contributed by atoms with Gasteiger partial charge in [-0.15, -0.1) is 11.3 Å². The third-order valence-electron chi connectivity index (χ3n) is 2.54. The Bertz CT molecular complexity index is 316. The van der Waals surface area contributed by atoms with Crippen molar-refractivity contribution in [1.29, 1.82) is 0 Å². The van der Waals surface area contributed by atoms with Gasteiger partial charge in [0.05, 0.1) is 17.3 Å². The van der Waals surface area contributed by atoms with Crippen molar-refractivity contribution in [1.82, 2.24) is 4.98 Å². The Morgan fingerprint density at radius 1 is 1.64 bits per heavy atom. The predicted octanol–water partition coefficient (Wildman–Crippen LogP) is 1.98. The second kappa shape index (κ2) is 3.96. The van der Waals surface area contributed by atoms with E-state index in [1.54, 1.807) is 11.3 Å². The summed E-state index contributed by atoms with van der Waals surface area (Å²) in [6.45, 7) is 5.74. The van der Waals surface area contributed by atoms with Gasteiger partial charge in [-0.1, -0.05) is 0 Å². The van der Waals surface area contributed by atoms with E-state index < -0.39 is 0 Å². The fourth-order valence-electron chi connectivity index (χ4n) is 1.76. The highest BCUT2D eigenvalue weighted by Crippen LogP contribution is 2.32. The van der Waals surface area contributed by atoms with Gasteiger partial charge >= 0.3 is 0 Å². The average Bonchev–Trinajstić information content (AvgIpc) is 2.70. The van der Waals surface area contributed by atoms with Gasteiger partial charge < -0.3 is 10.5 Å². The van der Waals surface area contributed by atoms with Gasteiger partial charge in [0.2, 0.25) is 0 Å². The van der Waals surface area contributed by atoms with Crippen LogP contribution in [0.1, 0.15) is 40.9 Å². The van der Waals surface area contributed by atoms with Crippen molar-refractivity contribution in [3.05, 3.63) is 15.6 Å². The molecule has 3 nitrogen and oxygen atoms in total. The summed E-state index contributed by atoms with van der Waals surface area (Å²) in [6, 6.07) is 0.101. The fraction of sp³-hybridized carbons (Fsp3) is 0.700. The number of thiazole rings is 1. The molecule has 78 valence electrons. The van der Waals surface area contributed by atoms with Crippen molar-refractivity contribution < 1.29 is 4.74 Å². The number of hydrogen-bond acceptors (Lipinski definition) is 4. The first kappa shape index (κ1) is 10.1. The second-order valence-electron chi connectivity index (χ2n) is 3.85.